The molecule has 6 rings (SSSR count). The standard InChI is InChI=1S/C30H37N7O/c1-20-9-8-14-26(22(20)3)35-15-17-36(18-16-35)28(29-32-33-34-37(29)24-12-5-4-6-13-24)25-19-23-11-7-10-21(2)27(23)31-30(25)38/h7-11,14,19,24,28H,4-6,12-13,15-18H2,1-3H3,(H,31,38)/t28-/m0/s1. The van der Waals surface area contributed by atoms with Crippen molar-refractivity contribution in [2.24, 2.45) is 0 Å². The number of aryl methyl sites for hydroxylation is 2. The van der Waals surface area contributed by atoms with Crippen molar-refractivity contribution in [3.8, 4) is 0 Å². The van der Waals surface area contributed by atoms with Crippen molar-refractivity contribution in [3.63, 3.8) is 0 Å². The number of aromatic amines is 1. The zero-order chi connectivity index (χ0) is 26.2. The van der Waals surface area contributed by atoms with Crippen LogP contribution in [0.15, 0.2) is 47.3 Å². The highest BCUT2D eigenvalue weighted by molar-refractivity contribution is 5.82. The fourth-order valence-electron chi connectivity index (χ4n) is 6.37. The van der Waals surface area contributed by atoms with Crippen LogP contribution in [0.3, 0.4) is 0 Å². The van der Waals surface area contributed by atoms with Gasteiger partial charge < -0.3 is 9.88 Å². The number of para-hydroxylation sites is 1. The normalized spacial score (nSPS) is 18.2. The van der Waals surface area contributed by atoms with Crippen molar-refractivity contribution < 1.29 is 0 Å². The quantitative estimate of drug-likeness (QED) is 0.412. The minimum absolute atomic E-state index is 0.0630. The second-order valence-electron chi connectivity index (χ2n) is 11.0. The lowest BCUT2D eigenvalue weighted by Crippen LogP contribution is -2.49. The molecule has 1 N–H and O–H groups in total. The highest BCUT2D eigenvalue weighted by atomic mass is 16.1. The van der Waals surface area contributed by atoms with E-state index in [4.69, 9.17) is 0 Å². The number of piperazine rings is 1. The number of hydrogen-bond donors (Lipinski definition) is 1. The molecule has 1 aliphatic heterocycles. The maximum atomic E-state index is 13.6. The number of tetrazole rings is 1. The summed E-state index contributed by atoms with van der Waals surface area (Å²) in [5, 5.41) is 14.2. The van der Waals surface area contributed by atoms with Crippen LogP contribution >= 0.6 is 0 Å². The Morgan fingerprint density at radius 2 is 1.66 bits per heavy atom. The molecule has 0 amide bonds. The van der Waals surface area contributed by atoms with Gasteiger partial charge in [0.05, 0.1) is 11.6 Å². The number of benzene rings is 2. The molecule has 1 atom stereocenters. The van der Waals surface area contributed by atoms with Crippen LogP contribution in [-0.4, -0.2) is 56.3 Å². The Balaban J connectivity index is 1.39. The van der Waals surface area contributed by atoms with Gasteiger partial charge in [0.15, 0.2) is 5.82 Å². The molecule has 4 aromatic rings. The number of H-pyrrole nitrogens is 1. The van der Waals surface area contributed by atoms with E-state index >= 15 is 0 Å². The number of rotatable bonds is 5. The zero-order valence-electron chi connectivity index (χ0n) is 22.7. The molecule has 198 valence electrons. The molecule has 3 heterocycles. The molecule has 2 aromatic carbocycles. The topological polar surface area (TPSA) is 82.9 Å². The Morgan fingerprint density at radius 1 is 0.921 bits per heavy atom. The first kappa shape index (κ1) is 24.8. The van der Waals surface area contributed by atoms with E-state index in [9.17, 15) is 4.79 Å². The summed E-state index contributed by atoms with van der Waals surface area (Å²) in [6, 6.07) is 14.7. The van der Waals surface area contributed by atoms with E-state index in [1.165, 1.54) is 36.1 Å². The molecular weight excluding hydrogens is 474 g/mol. The Hall–Kier alpha value is -3.52. The molecule has 0 bridgehead atoms. The van der Waals surface area contributed by atoms with E-state index in [0.29, 0.717) is 0 Å². The molecule has 2 aromatic heterocycles. The second kappa shape index (κ2) is 10.3. The average molecular weight is 512 g/mol. The Morgan fingerprint density at radius 3 is 2.45 bits per heavy atom. The number of aromatic nitrogens is 5. The number of hydrogen-bond acceptors (Lipinski definition) is 6. The van der Waals surface area contributed by atoms with E-state index in [2.05, 4.69) is 74.5 Å². The summed E-state index contributed by atoms with van der Waals surface area (Å²) in [7, 11) is 0. The zero-order valence-corrected chi connectivity index (χ0v) is 22.7. The molecule has 0 radical (unpaired) electrons. The fraction of sp³-hybridized carbons (Fsp3) is 0.467. The van der Waals surface area contributed by atoms with Crippen molar-refractivity contribution in [3.05, 3.63) is 80.9 Å². The van der Waals surface area contributed by atoms with Crippen LogP contribution in [0.1, 0.15) is 72.3 Å². The summed E-state index contributed by atoms with van der Waals surface area (Å²) in [4.78, 5) is 21.7. The van der Waals surface area contributed by atoms with E-state index in [-0.39, 0.29) is 17.6 Å². The van der Waals surface area contributed by atoms with Crippen molar-refractivity contribution in [2.75, 3.05) is 31.1 Å². The lowest BCUT2D eigenvalue weighted by atomic mass is 9.95. The lowest BCUT2D eigenvalue weighted by molar-refractivity contribution is 0.192. The second-order valence-corrected chi connectivity index (χ2v) is 11.0. The van der Waals surface area contributed by atoms with Crippen LogP contribution in [0.2, 0.25) is 0 Å². The number of pyridine rings is 1. The van der Waals surface area contributed by atoms with Crippen molar-refractivity contribution in [2.45, 2.75) is 65.0 Å². The third-order valence-corrected chi connectivity index (χ3v) is 8.69. The van der Waals surface area contributed by atoms with Crippen LogP contribution in [0, 0.1) is 20.8 Å². The lowest BCUT2D eigenvalue weighted by Gasteiger charge is -2.40. The highest BCUT2D eigenvalue weighted by Crippen LogP contribution is 2.34. The van der Waals surface area contributed by atoms with Crippen molar-refractivity contribution in [1.82, 2.24) is 30.1 Å². The van der Waals surface area contributed by atoms with Gasteiger partial charge in [0.25, 0.3) is 5.56 Å². The summed E-state index contributed by atoms with van der Waals surface area (Å²) >= 11 is 0. The van der Waals surface area contributed by atoms with Gasteiger partial charge in [0, 0.05) is 37.4 Å². The SMILES string of the molecule is Cc1cccc(N2CCN([C@@H](c3cc4cccc(C)c4[nH]c3=O)c3nnnn3C3CCCCC3)CC2)c1C. The molecule has 8 nitrogen and oxygen atoms in total. The van der Waals surface area contributed by atoms with Gasteiger partial charge in [-0.25, -0.2) is 4.68 Å². The van der Waals surface area contributed by atoms with E-state index < -0.39 is 0 Å². The molecule has 1 aliphatic carbocycles. The minimum atomic E-state index is -0.304. The molecule has 2 fully saturated rings. The molecule has 1 saturated heterocycles. The summed E-state index contributed by atoms with van der Waals surface area (Å²) < 4.78 is 2.03. The summed E-state index contributed by atoms with van der Waals surface area (Å²) in [6.45, 7) is 9.82. The van der Waals surface area contributed by atoms with Crippen LogP contribution < -0.4 is 10.5 Å². The van der Waals surface area contributed by atoms with E-state index in [1.54, 1.807) is 0 Å². The van der Waals surface area contributed by atoms with Gasteiger partial charge in [-0.05, 0) is 78.2 Å². The van der Waals surface area contributed by atoms with Crippen LogP contribution in [0.5, 0.6) is 0 Å². The highest BCUT2D eigenvalue weighted by Gasteiger charge is 2.34. The summed E-state index contributed by atoms with van der Waals surface area (Å²) in [5.41, 5.74) is 6.56. The molecule has 0 spiro atoms. The minimum Gasteiger partial charge on any atom is -0.369 e. The van der Waals surface area contributed by atoms with Gasteiger partial charge in [-0.1, -0.05) is 49.6 Å². The first-order valence-corrected chi connectivity index (χ1v) is 14.0. The van der Waals surface area contributed by atoms with E-state index in [1.807, 2.05) is 23.7 Å². The number of fused-ring (bicyclic) bond motifs is 1. The largest absolute Gasteiger partial charge is 0.369 e. The fourth-order valence-corrected chi connectivity index (χ4v) is 6.37. The summed E-state index contributed by atoms with van der Waals surface area (Å²) in [6.07, 6.45) is 5.82. The van der Waals surface area contributed by atoms with Crippen LogP contribution in [0.25, 0.3) is 10.9 Å². The third kappa shape index (κ3) is 4.51. The molecule has 0 unspecified atom stereocenters. The average Bonchev–Trinajstić information content (AvgIpc) is 3.42. The maximum Gasteiger partial charge on any atom is 0.253 e. The monoisotopic (exact) mass is 511 g/mol. The third-order valence-electron chi connectivity index (χ3n) is 8.69. The summed E-state index contributed by atoms with van der Waals surface area (Å²) in [5.74, 6) is 0.787. The predicted molar refractivity (Wildman–Crippen MR) is 151 cm³/mol. The Kier molecular flexibility index (Phi) is 6.74. The predicted octanol–water partition coefficient (Wildman–Crippen LogP) is 4.86. The molecule has 2 aliphatic rings. The van der Waals surface area contributed by atoms with Crippen LogP contribution in [-0.2, 0) is 0 Å². The maximum absolute atomic E-state index is 13.6. The number of nitrogens with zero attached hydrogens (tertiary/aromatic N) is 6. The first-order chi connectivity index (χ1) is 18.5. The van der Waals surface area contributed by atoms with E-state index in [0.717, 1.165) is 66.9 Å². The number of nitrogens with one attached hydrogen (secondary N) is 1. The van der Waals surface area contributed by atoms with Crippen LogP contribution in [0.4, 0.5) is 5.69 Å². The van der Waals surface area contributed by atoms with Gasteiger partial charge in [-0.3, -0.25) is 9.69 Å². The molecule has 38 heavy (non-hydrogen) atoms. The first-order valence-electron chi connectivity index (χ1n) is 14.0. The Bertz CT molecular complexity index is 1490. The molecular formula is C30H37N7O. The smallest absolute Gasteiger partial charge is 0.253 e. The number of anilines is 1. The van der Waals surface area contributed by atoms with Crippen molar-refractivity contribution in [1.29, 1.82) is 0 Å². The molecule has 8 heteroatoms. The molecule has 1 saturated carbocycles. The van der Waals surface area contributed by atoms with Gasteiger partial charge in [-0.2, -0.15) is 0 Å². The Labute approximate surface area is 223 Å². The van der Waals surface area contributed by atoms with Gasteiger partial charge in [0.2, 0.25) is 0 Å². The van der Waals surface area contributed by atoms with Gasteiger partial charge in [0.1, 0.15) is 6.04 Å². The van der Waals surface area contributed by atoms with Crippen molar-refractivity contribution >= 4 is 16.6 Å². The van der Waals surface area contributed by atoms with Gasteiger partial charge >= 0.3 is 0 Å². The van der Waals surface area contributed by atoms with Gasteiger partial charge in [-0.15, -0.1) is 5.10 Å².